The topological polar surface area (TPSA) is 81.7 Å². The van der Waals surface area contributed by atoms with Crippen molar-refractivity contribution in [2.24, 2.45) is 0 Å². The van der Waals surface area contributed by atoms with Gasteiger partial charge in [-0.25, -0.2) is 13.1 Å². The van der Waals surface area contributed by atoms with Gasteiger partial charge in [-0.05, 0) is 44.2 Å². The van der Waals surface area contributed by atoms with Gasteiger partial charge in [-0.15, -0.1) is 0 Å². The smallest absolute Gasteiger partial charge is 0.307 e. The molecular weight excluding hydrogens is 390 g/mol. The van der Waals surface area contributed by atoms with Crippen LogP contribution >= 0.6 is 11.6 Å². The summed E-state index contributed by atoms with van der Waals surface area (Å²) in [6.07, 6.45) is -0.612. The van der Waals surface area contributed by atoms with Crippen LogP contribution in [-0.4, -0.2) is 27.5 Å². The molecule has 0 saturated carbocycles. The molecule has 0 aliphatic rings. The number of rotatable bonds is 9. The number of ether oxygens (including phenoxy) is 2. The van der Waals surface area contributed by atoms with E-state index in [0.717, 1.165) is 0 Å². The maximum Gasteiger partial charge on any atom is 0.307 e. The molecule has 0 amide bonds. The molecule has 0 fully saturated rings. The van der Waals surface area contributed by atoms with Gasteiger partial charge in [-0.3, -0.25) is 4.79 Å². The maximum atomic E-state index is 12.2. The van der Waals surface area contributed by atoms with Crippen LogP contribution in [0.5, 0.6) is 5.75 Å². The molecule has 0 saturated heterocycles. The van der Waals surface area contributed by atoms with Crippen molar-refractivity contribution in [3.05, 3.63) is 59.1 Å². The molecule has 0 heterocycles. The van der Waals surface area contributed by atoms with Crippen LogP contribution in [0.25, 0.3) is 0 Å². The standard InChI is InChI=1S/C19H22ClNO5S/c1-3-25-15-8-10-16(11-9-15)27(23,24)21-13-12-19(22)26-14(2)17-6-4-5-7-18(17)20/h4-11,14,21H,3,12-13H2,1-2H3. The Balaban J connectivity index is 1.85. The summed E-state index contributed by atoms with van der Waals surface area (Å²) in [5.74, 6) is 0.0744. The summed E-state index contributed by atoms with van der Waals surface area (Å²) in [7, 11) is -3.71. The molecule has 0 spiro atoms. The van der Waals surface area contributed by atoms with Crippen LogP contribution in [0, 0.1) is 0 Å². The molecule has 1 N–H and O–H groups in total. The van der Waals surface area contributed by atoms with Crippen LogP contribution in [0.1, 0.15) is 31.9 Å². The van der Waals surface area contributed by atoms with Gasteiger partial charge in [0.2, 0.25) is 10.0 Å². The van der Waals surface area contributed by atoms with E-state index in [-0.39, 0.29) is 17.9 Å². The predicted octanol–water partition coefficient (Wildman–Crippen LogP) is 3.71. The Morgan fingerprint density at radius 1 is 1.15 bits per heavy atom. The molecule has 1 unspecified atom stereocenters. The lowest BCUT2D eigenvalue weighted by atomic mass is 10.1. The van der Waals surface area contributed by atoms with Crippen molar-refractivity contribution in [3.63, 3.8) is 0 Å². The van der Waals surface area contributed by atoms with Crippen molar-refractivity contribution < 1.29 is 22.7 Å². The molecule has 0 aliphatic heterocycles. The molecule has 2 aromatic carbocycles. The van der Waals surface area contributed by atoms with Crippen molar-refractivity contribution in [3.8, 4) is 5.75 Å². The first-order chi connectivity index (χ1) is 12.8. The summed E-state index contributed by atoms with van der Waals surface area (Å²) in [6.45, 7) is 3.99. The monoisotopic (exact) mass is 411 g/mol. The van der Waals surface area contributed by atoms with Crippen LogP contribution in [0.15, 0.2) is 53.4 Å². The summed E-state index contributed by atoms with van der Waals surface area (Å²) in [5.41, 5.74) is 0.697. The lowest BCUT2D eigenvalue weighted by molar-refractivity contribution is -0.148. The largest absolute Gasteiger partial charge is 0.494 e. The molecule has 6 nitrogen and oxygen atoms in total. The molecule has 0 radical (unpaired) electrons. The second-order valence-corrected chi connectivity index (χ2v) is 7.88. The Kier molecular flexibility index (Phi) is 7.65. The van der Waals surface area contributed by atoms with E-state index in [2.05, 4.69) is 4.72 Å². The molecule has 2 aromatic rings. The van der Waals surface area contributed by atoms with Gasteiger partial charge in [-0.1, -0.05) is 29.8 Å². The fourth-order valence-corrected chi connectivity index (χ4v) is 3.70. The first-order valence-corrected chi connectivity index (χ1v) is 10.4. The summed E-state index contributed by atoms with van der Waals surface area (Å²) in [6, 6.07) is 13.1. The van der Waals surface area contributed by atoms with E-state index in [4.69, 9.17) is 21.1 Å². The minimum Gasteiger partial charge on any atom is -0.494 e. The Hall–Kier alpha value is -2.09. The fourth-order valence-electron chi connectivity index (χ4n) is 2.38. The molecule has 27 heavy (non-hydrogen) atoms. The number of hydrogen-bond donors (Lipinski definition) is 1. The quantitative estimate of drug-likeness (QED) is 0.636. The van der Waals surface area contributed by atoms with Crippen molar-refractivity contribution >= 4 is 27.6 Å². The Morgan fingerprint density at radius 3 is 2.44 bits per heavy atom. The van der Waals surface area contributed by atoms with Gasteiger partial charge in [0.05, 0.1) is 17.9 Å². The fraction of sp³-hybridized carbons (Fsp3) is 0.316. The number of benzene rings is 2. The normalized spacial score (nSPS) is 12.4. The zero-order valence-electron chi connectivity index (χ0n) is 15.1. The average molecular weight is 412 g/mol. The van der Waals surface area contributed by atoms with Gasteiger partial charge in [0.15, 0.2) is 0 Å². The highest BCUT2D eigenvalue weighted by Gasteiger charge is 2.17. The van der Waals surface area contributed by atoms with Crippen molar-refractivity contribution in [1.82, 2.24) is 4.72 Å². The Morgan fingerprint density at radius 2 is 1.81 bits per heavy atom. The third-order valence-corrected chi connectivity index (χ3v) is 5.54. The van der Waals surface area contributed by atoms with E-state index in [1.165, 1.54) is 12.1 Å². The Labute approximate surface area is 164 Å². The lowest BCUT2D eigenvalue weighted by Gasteiger charge is -2.15. The van der Waals surface area contributed by atoms with E-state index in [1.807, 2.05) is 6.92 Å². The van der Waals surface area contributed by atoms with E-state index in [1.54, 1.807) is 43.3 Å². The second-order valence-electron chi connectivity index (χ2n) is 5.71. The SMILES string of the molecule is CCOc1ccc(S(=O)(=O)NCCC(=O)OC(C)c2ccccc2Cl)cc1. The summed E-state index contributed by atoms with van der Waals surface area (Å²) < 4.78 is 37.5. The first kappa shape index (κ1) is 21.2. The van der Waals surface area contributed by atoms with Crippen molar-refractivity contribution in [2.75, 3.05) is 13.2 Å². The molecule has 1 atom stereocenters. The van der Waals surface area contributed by atoms with E-state index >= 15 is 0 Å². The van der Waals surface area contributed by atoms with Crippen molar-refractivity contribution in [1.29, 1.82) is 0 Å². The van der Waals surface area contributed by atoms with Crippen LogP contribution in [-0.2, 0) is 19.6 Å². The Bertz CT molecular complexity index is 868. The number of esters is 1. The van der Waals surface area contributed by atoms with E-state index < -0.39 is 22.1 Å². The number of carbonyl (C=O) groups is 1. The molecule has 146 valence electrons. The van der Waals surface area contributed by atoms with Gasteiger partial charge in [0.25, 0.3) is 0 Å². The molecule has 0 aliphatic carbocycles. The first-order valence-electron chi connectivity index (χ1n) is 8.50. The number of carbonyl (C=O) groups excluding carboxylic acids is 1. The summed E-state index contributed by atoms with van der Waals surface area (Å²) >= 11 is 6.07. The lowest BCUT2D eigenvalue weighted by Crippen LogP contribution is -2.27. The number of hydrogen-bond acceptors (Lipinski definition) is 5. The number of nitrogens with one attached hydrogen (secondary N) is 1. The third kappa shape index (κ3) is 6.23. The molecule has 0 bridgehead atoms. The maximum absolute atomic E-state index is 12.2. The van der Waals surface area contributed by atoms with Crippen LogP contribution in [0.3, 0.4) is 0 Å². The van der Waals surface area contributed by atoms with Crippen molar-refractivity contribution in [2.45, 2.75) is 31.3 Å². The van der Waals surface area contributed by atoms with Crippen LogP contribution in [0.2, 0.25) is 5.02 Å². The highest BCUT2D eigenvalue weighted by molar-refractivity contribution is 7.89. The average Bonchev–Trinajstić information content (AvgIpc) is 2.62. The van der Waals surface area contributed by atoms with Crippen LogP contribution in [0.4, 0.5) is 0 Å². The van der Waals surface area contributed by atoms with Gasteiger partial charge < -0.3 is 9.47 Å². The van der Waals surface area contributed by atoms with E-state index in [0.29, 0.717) is 22.9 Å². The molecule has 0 aromatic heterocycles. The van der Waals surface area contributed by atoms with Gasteiger partial charge in [0, 0.05) is 17.1 Å². The molecule has 8 heteroatoms. The van der Waals surface area contributed by atoms with Gasteiger partial charge in [-0.2, -0.15) is 0 Å². The summed E-state index contributed by atoms with van der Waals surface area (Å²) in [5, 5.41) is 0.508. The molecule has 2 rings (SSSR count). The predicted molar refractivity (Wildman–Crippen MR) is 103 cm³/mol. The highest BCUT2D eigenvalue weighted by Crippen LogP contribution is 2.25. The zero-order chi connectivity index (χ0) is 19.9. The number of sulfonamides is 1. The summed E-state index contributed by atoms with van der Waals surface area (Å²) in [4.78, 5) is 12.1. The zero-order valence-corrected chi connectivity index (χ0v) is 16.7. The van der Waals surface area contributed by atoms with Gasteiger partial charge >= 0.3 is 5.97 Å². The minimum atomic E-state index is -3.71. The van der Waals surface area contributed by atoms with E-state index in [9.17, 15) is 13.2 Å². The van der Waals surface area contributed by atoms with Crippen LogP contribution < -0.4 is 9.46 Å². The molecular formula is C19H22ClNO5S. The minimum absolute atomic E-state index is 0.0659. The highest BCUT2D eigenvalue weighted by atomic mass is 35.5. The number of halogens is 1. The third-order valence-electron chi connectivity index (χ3n) is 3.72. The second kappa shape index (κ2) is 9.73. The van der Waals surface area contributed by atoms with Gasteiger partial charge in [0.1, 0.15) is 11.9 Å².